The molecule has 1 heterocycles. The molecule has 1 atom stereocenters. The van der Waals surface area contributed by atoms with E-state index in [-0.39, 0.29) is 36.7 Å². The van der Waals surface area contributed by atoms with Crippen molar-refractivity contribution in [1.82, 2.24) is 15.1 Å². The third-order valence-corrected chi connectivity index (χ3v) is 3.10. The minimum atomic E-state index is -0.364. The van der Waals surface area contributed by atoms with Crippen molar-refractivity contribution in [1.29, 1.82) is 0 Å². The molecule has 1 aliphatic rings. The molecule has 1 N–H and O–H groups in total. The van der Waals surface area contributed by atoms with Gasteiger partial charge in [-0.3, -0.25) is 9.59 Å². The number of rotatable bonds is 6. The number of carbonyl (C=O) groups is 2. The Labute approximate surface area is 121 Å². The molecule has 1 unspecified atom stereocenters. The third-order valence-electron chi connectivity index (χ3n) is 3.10. The van der Waals surface area contributed by atoms with Gasteiger partial charge in [0.15, 0.2) is 0 Å². The third kappa shape index (κ3) is 5.61. The topological polar surface area (TPSA) is 52.7 Å². The molecule has 1 rings (SSSR count). The van der Waals surface area contributed by atoms with E-state index in [2.05, 4.69) is 11.9 Å². The van der Waals surface area contributed by atoms with Crippen molar-refractivity contribution >= 4 is 24.2 Å². The van der Waals surface area contributed by atoms with Crippen LogP contribution in [0, 0.1) is 0 Å². The van der Waals surface area contributed by atoms with Crippen LogP contribution in [0.1, 0.15) is 19.3 Å². The van der Waals surface area contributed by atoms with E-state index in [1.54, 1.807) is 14.1 Å². The molecule has 19 heavy (non-hydrogen) atoms. The van der Waals surface area contributed by atoms with E-state index in [9.17, 15) is 9.59 Å². The van der Waals surface area contributed by atoms with Crippen molar-refractivity contribution in [3.05, 3.63) is 12.7 Å². The van der Waals surface area contributed by atoms with Crippen LogP contribution in [0.15, 0.2) is 12.7 Å². The van der Waals surface area contributed by atoms with E-state index in [1.165, 1.54) is 4.90 Å². The van der Waals surface area contributed by atoms with Gasteiger partial charge in [0.2, 0.25) is 11.8 Å². The highest BCUT2D eigenvalue weighted by Gasteiger charge is 2.29. The Balaban J connectivity index is 0.00000324. The Morgan fingerprint density at radius 3 is 2.84 bits per heavy atom. The van der Waals surface area contributed by atoms with Gasteiger partial charge in [0, 0.05) is 33.7 Å². The fraction of sp³-hybridized carbons (Fsp3) is 0.692. The number of hydrogen-bond donors (Lipinski definition) is 1. The lowest BCUT2D eigenvalue weighted by molar-refractivity contribution is -0.140. The maximum Gasteiger partial charge on any atom is 0.240 e. The second kappa shape index (κ2) is 8.93. The second-order valence-electron chi connectivity index (χ2n) is 4.76. The number of nitrogens with zero attached hydrogens (tertiary/aromatic N) is 2. The summed E-state index contributed by atoms with van der Waals surface area (Å²) in [6, 6.07) is -0.364. The average Bonchev–Trinajstić information content (AvgIpc) is 2.33. The number of unbranched alkanes of at least 4 members (excludes halogenated alkanes) is 1. The van der Waals surface area contributed by atoms with Gasteiger partial charge < -0.3 is 15.1 Å². The summed E-state index contributed by atoms with van der Waals surface area (Å²) in [6.07, 6.45) is 3.95. The Kier molecular flexibility index (Phi) is 8.43. The highest BCUT2D eigenvalue weighted by atomic mass is 35.5. The predicted octanol–water partition coefficient (Wildman–Crippen LogP) is 0.653. The van der Waals surface area contributed by atoms with Crippen molar-refractivity contribution in [3.8, 4) is 0 Å². The molecule has 0 radical (unpaired) electrons. The predicted molar refractivity (Wildman–Crippen MR) is 78.4 cm³/mol. The number of amides is 2. The van der Waals surface area contributed by atoms with Crippen molar-refractivity contribution in [3.63, 3.8) is 0 Å². The normalized spacial score (nSPS) is 18.7. The molecular weight excluding hydrogens is 266 g/mol. The highest BCUT2D eigenvalue weighted by molar-refractivity contribution is 5.88. The first-order valence-corrected chi connectivity index (χ1v) is 6.39. The smallest absolute Gasteiger partial charge is 0.240 e. The molecule has 0 spiro atoms. The standard InChI is InChI=1S/C13H23N3O2.ClH/c1-4-5-6-8-16-9-7-14-11(13(16)18)10-12(17)15(2)3;/h4,11,14H,1,5-10H2,2-3H3;1H. The number of hydrogen-bond acceptors (Lipinski definition) is 3. The molecule has 6 heteroatoms. The molecule has 2 amide bonds. The van der Waals surface area contributed by atoms with E-state index in [0.29, 0.717) is 0 Å². The molecule has 0 saturated carbocycles. The molecule has 0 aromatic rings. The lowest BCUT2D eigenvalue weighted by atomic mass is 10.1. The summed E-state index contributed by atoms with van der Waals surface area (Å²) in [7, 11) is 3.41. The van der Waals surface area contributed by atoms with Gasteiger partial charge in [0.05, 0.1) is 12.5 Å². The summed E-state index contributed by atoms with van der Waals surface area (Å²) in [5.41, 5.74) is 0. The number of nitrogens with one attached hydrogen (secondary N) is 1. The van der Waals surface area contributed by atoms with Crippen LogP contribution in [-0.2, 0) is 9.59 Å². The summed E-state index contributed by atoms with van der Waals surface area (Å²) >= 11 is 0. The molecule has 1 aliphatic heterocycles. The molecule has 1 saturated heterocycles. The lowest BCUT2D eigenvalue weighted by Crippen LogP contribution is -2.56. The number of carbonyl (C=O) groups excluding carboxylic acids is 2. The number of allylic oxidation sites excluding steroid dienone is 1. The van der Waals surface area contributed by atoms with Crippen LogP contribution in [0.25, 0.3) is 0 Å². The monoisotopic (exact) mass is 289 g/mol. The minimum Gasteiger partial charge on any atom is -0.349 e. The SMILES string of the molecule is C=CCCCN1CCNC(CC(=O)N(C)C)C1=O.Cl. The van der Waals surface area contributed by atoms with Gasteiger partial charge in [-0.2, -0.15) is 0 Å². The van der Waals surface area contributed by atoms with Crippen LogP contribution < -0.4 is 5.32 Å². The van der Waals surface area contributed by atoms with Crippen LogP contribution in [-0.4, -0.2) is 61.4 Å². The summed E-state index contributed by atoms with van der Waals surface area (Å²) in [5, 5.41) is 3.12. The first-order valence-electron chi connectivity index (χ1n) is 6.39. The van der Waals surface area contributed by atoms with Crippen LogP contribution in [0.2, 0.25) is 0 Å². The van der Waals surface area contributed by atoms with Crippen molar-refractivity contribution in [2.75, 3.05) is 33.7 Å². The summed E-state index contributed by atoms with van der Waals surface area (Å²) in [5.74, 6) is 0.0225. The van der Waals surface area contributed by atoms with E-state index in [4.69, 9.17) is 0 Å². The molecule has 0 aromatic heterocycles. The first kappa shape index (κ1) is 17.9. The quantitative estimate of drug-likeness (QED) is 0.577. The van der Waals surface area contributed by atoms with Crippen molar-refractivity contribution in [2.24, 2.45) is 0 Å². The Morgan fingerprint density at radius 2 is 2.26 bits per heavy atom. The van der Waals surface area contributed by atoms with E-state index in [0.717, 1.165) is 32.5 Å². The van der Waals surface area contributed by atoms with Gasteiger partial charge in [-0.05, 0) is 12.8 Å². The zero-order chi connectivity index (χ0) is 13.5. The summed E-state index contributed by atoms with van der Waals surface area (Å²) in [4.78, 5) is 27.1. The Morgan fingerprint density at radius 1 is 1.58 bits per heavy atom. The van der Waals surface area contributed by atoms with Crippen LogP contribution in [0.5, 0.6) is 0 Å². The van der Waals surface area contributed by atoms with Gasteiger partial charge in [-0.15, -0.1) is 19.0 Å². The zero-order valence-corrected chi connectivity index (χ0v) is 12.5. The Bertz CT molecular complexity index is 321. The second-order valence-corrected chi connectivity index (χ2v) is 4.76. The van der Waals surface area contributed by atoms with Crippen LogP contribution in [0.3, 0.4) is 0 Å². The maximum absolute atomic E-state index is 12.1. The van der Waals surface area contributed by atoms with Gasteiger partial charge in [-0.1, -0.05) is 6.08 Å². The van der Waals surface area contributed by atoms with Crippen LogP contribution >= 0.6 is 12.4 Å². The fourth-order valence-corrected chi connectivity index (χ4v) is 1.96. The van der Waals surface area contributed by atoms with Gasteiger partial charge in [-0.25, -0.2) is 0 Å². The van der Waals surface area contributed by atoms with E-state index >= 15 is 0 Å². The largest absolute Gasteiger partial charge is 0.349 e. The highest BCUT2D eigenvalue weighted by Crippen LogP contribution is 2.08. The van der Waals surface area contributed by atoms with Crippen LogP contribution in [0.4, 0.5) is 0 Å². The number of halogens is 1. The summed E-state index contributed by atoms with van der Waals surface area (Å²) in [6.45, 7) is 5.90. The van der Waals surface area contributed by atoms with Gasteiger partial charge in [0.1, 0.15) is 0 Å². The molecule has 0 bridgehead atoms. The number of piperazine rings is 1. The summed E-state index contributed by atoms with van der Waals surface area (Å²) < 4.78 is 0. The molecule has 110 valence electrons. The van der Waals surface area contributed by atoms with Gasteiger partial charge in [0.25, 0.3) is 0 Å². The lowest BCUT2D eigenvalue weighted by Gasteiger charge is -2.33. The molecule has 1 fully saturated rings. The Hall–Kier alpha value is -1.07. The maximum atomic E-state index is 12.1. The van der Waals surface area contributed by atoms with Crippen molar-refractivity contribution < 1.29 is 9.59 Å². The molecule has 0 aliphatic carbocycles. The molecule has 5 nitrogen and oxygen atoms in total. The van der Waals surface area contributed by atoms with Gasteiger partial charge >= 0.3 is 0 Å². The first-order chi connectivity index (χ1) is 8.56. The average molecular weight is 290 g/mol. The fourth-order valence-electron chi connectivity index (χ4n) is 1.96. The van der Waals surface area contributed by atoms with E-state index in [1.807, 2.05) is 11.0 Å². The minimum absolute atomic E-state index is 0. The van der Waals surface area contributed by atoms with E-state index < -0.39 is 0 Å². The van der Waals surface area contributed by atoms with Crippen molar-refractivity contribution in [2.45, 2.75) is 25.3 Å². The zero-order valence-electron chi connectivity index (χ0n) is 11.7. The molecule has 0 aromatic carbocycles. The molecular formula is C13H24ClN3O2.